The highest BCUT2D eigenvalue weighted by Crippen LogP contribution is 2.29. The zero-order valence-electron chi connectivity index (χ0n) is 18.5. The number of para-hydroxylation sites is 2. The van der Waals surface area contributed by atoms with Gasteiger partial charge in [-0.15, -0.1) is 5.10 Å². The molecule has 0 radical (unpaired) electrons. The third-order valence-electron chi connectivity index (χ3n) is 5.15. The zero-order valence-corrected chi connectivity index (χ0v) is 18.5. The van der Waals surface area contributed by atoms with Gasteiger partial charge < -0.3 is 14.5 Å². The number of ether oxygens (including phenoxy) is 1. The lowest BCUT2D eigenvalue weighted by atomic mass is 10.1. The molecular formula is C24H25N5O4. The van der Waals surface area contributed by atoms with Crippen LogP contribution in [0.4, 0.5) is 5.69 Å². The number of carbonyl (C=O) groups excluding carboxylic acids is 2. The number of nitrogens with zero attached hydrogens (tertiary/aromatic N) is 4. The molecule has 170 valence electrons. The molecule has 33 heavy (non-hydrogen) atoms. The number of anilines is 1. The van der Waals surface area contributed by atoms with Gasteiger partial charge in [0.25, 0.3) is 5.91 Å². The van der Waals surface area contributed by atoms with E-state index in [2.05, 4.69) is 15.6 Å². The number of fused-ring (bicyclic) bond motifs is 1. The maximum Gasteiger partial charge on any atom is 0.251 e. The Kier molecular flexibility index (Phi) is 6.80. The van der Waals surface area contributed by atoms with Crippen molar-refractivity contribution in [3.63, 3.8) is 0 Å². The number of benzene rings is 2. The molecule has 0 saturated carbocycles. The number of aryl methyl sites for hydroxylation is 1. The van der Waals surface area contributed by atoms with Crippen LogP contribution in [0.5, 0.6) is 0 Å². The van der Waals surface area contributed by atoms with Crippen LogP contribution in [0.2, 0.25) is 0 Å². The van der Waals surface area contributed by atoms with E-state index in [0.717, 1.165) is 5.52 Å². The second-order valence-electron chi connectivity index (χ2n) is 7.47. The van der Waals surface area contributed by atoms with Crippen molar-refractivity contribution in [2.75, 3.05) is 25.2 Å². The molecule has 0 aliphatic carbocycles. The highest BCUT2D eigenvalue weighted by molar-refractivity contribution is 6.01. The summed E-state index contributed by atoms with van der Waals surface area (Å²) in [5, 5.41) is 11.1. The van der Waals surface area contributed by atoms with Crippen molar-refractivity contribution in [1.82, 2.24) is 20.3 Å². The van der Waals surface area contributed by atoms with E-state index >= 15 is 0 Å². The van der Waals surface area contributed by atoms with E-state index in [4.69, 9.17) is 9.15 Å². The van der Waals surface area contributed by atoms with Crippen LogP contribution in [0.15, 0.2) is 71.1 Å². The van der Waals surface area contributed by atoms with Gasteiger partial charge in [0.05, 0.1) is 12.1 Å². The number of furan rings is 1. The number of methoxy groups -OCH3 is 1. The first-order chi connectivity index (χ1) is 16.1. The Hall–Kier alpha value is -3.98. The van der Waals surface area contributed by atoms with Crippen molar-refractivity contribution in [3.05, 3.63) is 78.3 Å². The summed E-state index contributed by atoms with van der Waals surface area (Å²) in [6.45, 7) is 2.34. The molecule has 2 amide bonds. The SMILES string of the molecule is COCCNC(=O)[C@@H](c1ccc(C)o1)N(C(=O)Cn1nnc2ccccc21)c1ccccc1. The van der Waals surface area contributed by atoms with E-state index in [1.807, 2.05) is 42.5 Å². The second kappa shape index (κ2) is 10.1. The quantitative estimate of drug-likeness (QED) is 0.396. The van der Waals surface area contributed by atoms with Crippen LogP contribution in [0.25, 0.3) is 11.0 Å². The van der Waals surface area contributed by atoms with E-state index in [0.29, 0.717) is 35.9 Å². The van der Waals surface area contributed by atoms with Crippen LogP contribution in [0.1, 0.15) is 17.6 Å². The van der Waals surface area contributed by atoms with E-state index < -0.39 is 6.04 Å². The third kappa shape index (κ3) is 4.93. The number of carbonyl (C=O) groups is 2. The molecule has 4 rings (SSSR count). The predicted octanol–water partition coefficient (Wildman–Crippen LogP) is 2.87. The zero-order chi connectivity index (χ0) is 23.2. The van der Waals surface area contributed by atoms with Gasteiger partial charge in [-0.2, -0.15) is 0 Å². The van der Waals surface area contributed by atoms with E-state index in [9.17, 15) is 9.59 Å². The molecule has 0 fully saturated rings. The molecule has 1 atom stereocenters. The van der Waals surface area contributed by atoms with Crippen LogP contribution in [-0.4, -0.2) is 47.1 Å². The Morgan fingerprint density at radius 1 is 1.09 bits per heavy atom. The number of aromatic nitrogens is 3. The lowest BCUT2D eigenvalue weighted by Crippen LogP contribution is -2.45. The normalized spacial score (nSPS) is 11.9. The van der Waals surface area contributed by atoms with E-state index in [1.54, 1.807) is 38.3 Å². The highest BCUT2D eigenvalue weighted by Gasteiger charge is 2.35. The summed E-state index contributed by atoms with van der Waals surface area (Å²) in [5.41, 5.74) is 1.98. The van der Waals surface area contributed by atoms with Crippen molar-refractivity contribution in [3.8, 4) is 0 Å². The van der Waals surface area contributed by atoms with E-state index in [-0.39, 0.29) is 18.4 Å². The van der Waals surface area contributed by atoms with Crippen LogP contribution < -0.4 is 10.2 Å². The fraction of sp³-hybridized carbons (Fsp3) is 0.250. The van der Waals surface area contributed by atoms with Crippen LogP contribution in [0, 0.1) is 6.92 Å². The standard InChI is InChI=1S/C24H25N5O4/c1-17-12-13-21(33-17)23(24(31)25-14-15-32-2)29(18-8-4-3-5-9-18)22(30)16-28-20-11-7-6-10-19(20)26-27-28/h3-13,23H,14-16H2,1-2H3,(H,25,31)/t23-/m1/s1. The number of hydrogen-bond acceptors (Lipinski definition) is 6. The van der Waals surface area contributed by atoms with Crippen molar-refractivity contribution >= 4 is 28.5 Å². The summed E-state index contributed by atoms with van der Waals surface area (Å²) in [4.78, 5) is 28.4. The molecule has 0 unspecified atom stereocenters. The Bertz CT molecular complexity index is 1230. The van der Waals surface area contributed by atoms with Crippen molar-refractivity contribution < 1.29 is 18.7 Å². The van der Waals surface area contributed by atoms with Gasteiger partial charge in [-0.3, -0.25) is 14.5 Å². The van der Waals surface area contributed by atoms with Crippen LogP contribution in [0.3, 0.4) is 0 Å². The molecule has 0 bridgehead atoms. The van der Waals surface area contributed by atoms with Crippen molar-refractivity contribution in [2.45, 2.75) is 19.5 Å². The van der Waals surface area contributed by atoms with Gasteiger partial charge >= 0.3 is 0 Å². The number of nitrogens with one attached hydrogen (secondary N) is 1. The summed E-state index contributed by atoms with van der Waals surface area (Å²) in [6, 6.07) is 18.9. The minimum absolute atomic E-state index is 0.100. The van der Waals surface area contributed by atoms with Crippen molar-refractivity contribution in [1.29, 1.82) is 0 Å². The van der Waals surface area contributed by atoms with Gasteiger partial charge in [0.1, 0.15) is 23.6 Å². The molecule has 9 heteroatoms. The van der Waals surface area contributed by atoms with E-state index in [1.165, 1.54) is 9.58 Å². The number of rotatable bonds is 9. The molecule has 0 aliphatic heterocycles. The van der Waals surface area contributed by atoms with Gasteiger partial charge in [-0.1, -0.05) is 35.5 Å². The molecule has 0 saturated heterocycles. The number of amides is 2. The first kappa shape index (κ1) is 22.2. The van der Waals surface area contributed by atoms with Gasteiger partial charge in [0.15, 0.2) is 6.04 Å². The maximum atomic E-state index is 13.7. The summed E-state index contributed by atoms with van der Waals surface area (Å²) in [6.07, 6.45) is 0. The molecule has 0 spiro atoms. The molecule has 1 N–H and O–H groups in total. The minimum Gasteiger partial charge on any atom is -0.464 e. The first-order valence-corrected chi connectivity index (χ1v) is 10.6. The molecule has 2 aromatic carbocycles. The molecular weight excluding hydrogens is 422 g/mol. The van der Waals surface area contributed by atoms with Crippen LogP contribution in [-0.2, 0) is 20.9 Å². The molecule has 2 aromatic heterocycles. The van der Waals surface area contributed by atoms with Gasteiger partial charge in [-0.25, -0.2) is 4.68 Å². The summed E-state index contributed by atoms with van der Waals surface area (Å²) >= 11 is 0. The first-order valence-electron chi connectivity index (χ1n) is 10.6. The Morgan fingerprint density at radius 2 is 1.85 bits per heavy atom. The highest BCUT2D eigenvalue weighted by atomic mass is 16.5. The Balaban J connectivity index is 1.73. The fourth-order valence-electron chi connectivity index (χ4n) is 3.61. The van der Waals surface area contributed by atoms with Crippen LogP contribution >= 0.6 is 0 Å². The van der Waals surface area contributed by atoms with Gasteiger partial charge in [-0.05, 0) is 43.3 Å². The summed E-state index contributed by atoms with van der Waals surface area (Å²) < 4.78 is 12.4. The topological polar surface area (TPSA) is 102 Å². The maximum absolute atomic E-state index is 13.7. The smallest absolute Gasteiger partial charge is 0.251 e. The van der Waals surface area contributed by atoms with Gasteiger partial charge in [0.2, 0.25) is 5.91 Å². The predicted molar refractivity (Wildman–Crippen MR) is 123 cm³/mol. The monoisotopic (exact) mass is 447 g/mol. The van der Waals surface area contributed by atoms with Gasteiger partial charge in [0, 0.05) is 19.3 Å². The molecule has 2 heterocycles. The van der Waals surface area contributed by atoms with Crippen molar-refractivity contribution in [2.24, 2.45) is 0 Å². The largest absolute Gasteiger partial charge is 0.464 e. The average molecular weight is 447 g/mol. The minimum atomic E-state index is -1.01. The summed E-state index contributed by atoms with van der Waals surface area (Å²) in [5.74, 6) is 0.297. The fourth-order valence-corrected chi connectivity index (χ4v) is 3.61. The molecule has 9 nitrogen and oxygen atoms in total. The summed E-state index contributed by atoms with van der Waals surface area (Å²) in [7, 11) is 1.56. The lowest BCUT2D eigenvalue weighted by Gasteiger charge is -2.30. The average Bonchev–Trinajstić information content (AvgIpc) is 3.44. The molecule has 0 aliphatic rings. The lowest BCUT2D eigenvalue weighted by molar-refractivity contribution is -0.127. The second-order valence-corrected chi connectivity index (χ2v) is 7.47. The number of hydrogen-bond donors (Lipinski definition) is 1. The third-order valence-corrected chi connectivity index (χ3v) is 5.15. The molecule has 4 aromatic rings. The Morgan fingerprint density at radius 3 is 2.58 bits per heavy atom. The Labute approximate surface area is 190 Å².